The van der Waals surface area contributed by atoms with E-state index in [4.69, 9.17) is 18.9 Å². The van der Waals surface area contributed by atoms with Crippen molar-refractivity contribution in [2.24, 2.45) is 5.92 Å². The van der Waals surface area contributed by atoms with Crippen LogP contribution in [0.4, 0.5) is 5.69 Å². The first kappa shape index (κ1) is 28.5. The molecule has 2 aromatic carbocycles. The summed E-state index contributed by atoms with van der Waals surface area (Å²) in [5.41, 5.74) is 0.926. The molecule has 11 nitrogen and oxygen atoms in total. The highest BCUT2D eigenvalue weighted by atomic mass is 32.2. The molecular weight excluding hydrogens is 526 g/mol. The molecule has 0 saturated carbocycles. The summed E-state index contributed by atoms with van der Waals surface area (Å²) in [5, 5.41) is 0. The van der Waals surface area contributed by atoms with E-state index in [1.807, 2.05) is 13.8 Å². The number of carbonyl (C=O) groups is 2. The van der Waals surface area contributed by atoms with Gasteiger partial charge in [-0.15, -0.1) is 0 Å². The number of ether oxygens (including phenoxy) is 4. The standard InChI is InChI=1S/C27H35N3O8S/c1-6-39(33,34)28-20-8-10-22-21(12-20)27(32)29(4)14-25(35-5)17(2)13-30(18(3)15-36-22)26(31)19-7-9-23-24(11-19)38-16-37-23/h7-12,17-18,25,28H,6,13-16H2,1-5H3/t17-,18-,25-/m1/s1. The van der Waals surface area contributed by atoms with E-state index in [2.05, 4.69) is 4.72 Å². The third-order valence-corrected chi connectivity index (χ3v) is 8.29. The maximum absolute atomic E-state index is 13.7. The van der Waals surface area contributed by atoms with Gasteiger partial charge in [0, 0.05) is 44.4 Å². The third kappa shape index (κ3) is 6.39. The van der Waals surface area contributed by atoms with Crippen LogP contribution in [0.5, 0.6) is 17.2 Å². The topological polar surface area (TPSA) is 124 Å². The number of anilines is 1. The Hall–Kier alpha value is -3.51. The third-order valence-electron chi connectivity index (χ3n) is 6.98. The molecule has 39 heavy (non-hydrogen) atoms. The number of nitrogens with zero attached hydrogens (tertiary/aromatic N) is 2. The number of fused-ring (bicyclic) bond motifs is 2. The molecule has 4 rings (SSSR count). The van der Waals surface area contributed by atoms with E-state index in [1.54, 1.807) is 49.4 Å². The second-order valence-corrected chi connectivity index (χ2v) is 11.9. The first-order valence-corrected chi connectivity index (χ1v) is 14.4. The number of carbonyl (C=O) groups excluding carboxylic acids is 2. The molecule has 2 aromatic rings. The number of hydrogen-bond acceptors (Lipinski definition) is 8. The van der Waals surface area contributed by atoms with Crippen molar-refractivity contribution in [3.63, 3.8) is 0 Å². The fourth-order valence-electron chi connectivity index (χ4n) is 4.57. The van der Waals surface area contributed by atoms with Gasteiger partial charge in [-0.3, -0.25) is 14.3 Å². The molecule has 2 aliphatic heterocycles. The van der Waals surface area contributed by atoms with Crippen LogP contribution in [0.3, 0.4) is 0 Å². The molecule has 2 aliphatic rings. The van der Waals surface area contributed by atoms with Gasteiger partial charge in [-0.1, -0.05) is 6.92 Å². The summed E-state index contributed by atoms with van der Waals surface area (Å²) in [5.74, 6) is 0.630. The number of benzene rings is 2. The predicted octanol–water partition coefficient (Wildman–Crippen LogP) is 2.82. The zero-order valence-corrected chi connectivity index (χ0v) is 23.6. The molecule has 0 unspecified atom stereocenters. The van der Waals surface area contributed by atoms with Gasteiger partial charge < -0.3 is 28.7 Å². The molecule has 0 radical (unpaired) electrons. The minimum atomic E-state index is -3.54. The lowest BCUT2D eigenvalue weighted by Gasteiger charge is -2.36. The molecule has 2 amide bonds. The molecule has 0 spiro atoms. The Morgan fingerprint density at radius 2 is 1.77 bits per heavy atom. The van der Waals surface area contributed by atoms with Gasteiger partial charge >= 0.3 is 0 Å². The highest BCUT2D eigenvalue weighted by Crippen LogP contribution is 2.33. The summed E-state index contributed by atoms with van der Waals surface area (Å²) in [6, 6.07) is 9.31. The molecule has 3 atom stereocenters. The second-order valence-electron chi connectivity index (χ2n) is 9.84. The SMILES string of the molecule is CCS(=O)(=O)Nc1ccc2c(c1)C(=O)N(C)C[C@@H](OC)[C@H](C)CN(C(=O)c1ccc3c(c1)OCO3)[C@H](C)CO2. The molecule has 12 heteroatoms. The second kappa shape index (κ2) is 11.7. The van der Waals surface area contributed by atoms with Crippen LogP contribution in [-0.4, -0.2) is 88.6 Å². The van der Waals surface area contributed by atoms with E-state index in [9.17, 15) is 18.0 Å². The van der Waals surface area contributed by atoms with Crippen molar-refractivity contribution in [1.29, 1.82) is 0 Å². The van der Waals surface area contributed by atoms with Crippen LogP contribution in [0.1, 0.15) is 41.5 Å². The van der Waals surface area contributed by atoms with Crippen molar-refractivity contribution in [1.82, 2.24) is 9.80 Å². The Morgan fingerprint density at radius 3 is 2.49 bits per heavy atom. The molecular formula is C27H35N3O8S. The Labute approximate surface area is 229 Å². The zero-order chi connectivity index (χ0) is 28.3. The van der Waals surface area contributed by atoms with Crippen LogP contribution in [0.25, 0.3) is 0 Å². The summed E-state index contributed by atoms with van der Waals surface area (Å²) < 4.78 is 49.4. The van der Waals surface area contributed by atoms with Crippen LogP contribution >= 0.6 is 0 Å². The molecule has 0 aromatic heterocycles. The van der Waals surface area contributed by atoms with E-state index in [0.29, 0.717) is 23.6 Å². The van der Waals surface area contributed by atoms with Gasteiger partial charge in [0.15, 0.2) is 11.5 Å². The summed E-state index contributed by atoms with van der Waals surface area (Å²) in [7, 11) is -0.315. The Balaban J connectivity index is 1.68. The number of methoxy groups -OCH3 is 1. The number of rotatable bonds is 5. The molecule has 2 heterocycles. The van der Waals surface area contributed by atoms with Gasteiger partial charge in [0.05, 0.1) is 23.5 Å². The fourth-order valence-corrected chi connectivity index (χ4v) is 5.20. The summed E-state index contributed by atoms with van der Waals surface area (Å²) in [6.07, 6.45) is -0.372. The van der Waals surface area contributed by atoms with Gasteiger partial charge in [-0.2, -0.15) is 0 Å². The molecule has 0 bridgehead atoms. The number of likely N-dealkylation sites (N-methyl/N-ethyl adjacent to an activating group) is 1. The largest absolute Gasteiger partial charge is 0.491 e. The fraction of sp³-hybridized carbons (Fsp3) is 0.481. The molecule has 0 aliphatic carbocycles. The van der Waals surface area contributed by atoms with Crippen molar-refractivity contribution in [2.45, 2.75) is 32.9 Å². The average molecular weight is 562 g/mol. The minimum absolute atomic E-state index is 0.102. The van der Waals surface area contributed by atoms with E-state index in [1.165, 1.54) is 17.9 Å². The normalized spacial score (nSPS) is 21.9. The zero-order valence-electron chi connectivity index (χ0n) is 22.8. The molecule has 0 saturated heterocycles. The maximum atomic E-state index is 13.7. The van der Waals surface area contributed by atoms with Crippen LogP contribution in [0.15, 0.2) is 36.4 Å². The summed E-state index contributed by atoms with van der Waals surface area (Å²) in [4.78, 5) is 30.5. The molecule has 212 valence electrons. The Morgan fingerprint density at radius 1 is 1.05 bits per heavy atom. The van der Waals surface area contributed by atoms with E-state index in [0.717, 1.165) is 0 Å². The summed E-state index contributed by atoms with van der Waals surface area (Å²) in [6.45, 7) is 6.21. The molecule has 1 N–H and O–H groups in total. The van der Waals surface area contributed by atoms with Crippen molar-refractivity contribution >= 4 is 27.5 Å². The Kier molecular flexibility index (Phi) is 8.55. The number of hydrogen-bond donors (Lipinski definition) is 1. The lowest BCUT2D eigenvalue weighted by Crippen LogP contribution is -2.48. The lowest BCUT2D eigenvalue weighted by atomic mass is 10.0. The first-order valence-electron chi connectivity index (χ1n) is 12.8. The van der Waals surface area contributed by atoms with Gasteiger partial charge in [0.2, 0.25) is 16.8 Å². The number of sulfonamides is 1. The van der Waals surface area contributed by atoms with Crippen LogP contribution in [0.2, 0.25) is 0 Å². The van der Waals surface area contributed by atoms with Gasteiger partial charge in [-0.05, 0) is 50.2 Å². The first-order chi connectivity index (χ1) is 18.5. The van der Waals surface area contributed by atoms with Crippen LogP contribution in [0, 0.1) is 5.92 Å². The quantitative estimate of drug-likeness (QED) is 0.591. The highest BCUT2D eigenvalue weighted by molar-refractivity contribution is 7.92. The lowest BCUT2D eigenvalue weighted by molar-refractivity contribution is 0.0111. The van der Waals surface area contributed by atoms with E-state index in [-0.39, 0.29) is 72.6 Å². The van der Waals surface area contributed by atoms with E-state index < -0.39 is 10.0 Å². The molecule has 0 fully saturated rings. The summed E-state index contributed by atoms with van der Waals surface area (Å²) >= 11 is 0. The van der Waals surface area contributed by atoms with Crippen molar-refractivity contribution < 1.29 is 37.0 Å². The van der Waals surface area contributed by atoms with Gasteiger partial charge in [0.1, 0.15) is 12.4 Å². The van der Waals surface area contributed by atoms with Gasteiger partial charge in [-0.25, -0.2) is 8.42 Å². The minimum Gasteiger partial charge on any atom is -0.491 e. The van der Waals surface area contributed by atoms with Crippen molar-refractivity contribution in [2.75, 3.05) is 51.1 Å². The monoisotopic (exact) mass is 561 g/mol. The number of amides is 2. The average Bonchev–Trinajstić information content (AvgIpc) is 3.40. The van der Waals surface area contributed by atoms with Gasteiger partial charge in [0.25, 0.3) is 11.8 Å². The van der Waals surface area contributed by atoms with Crippen LogP contribution < -0.4 is 18.9 Å². The Bertz CT molecular complexity index is 1330. The smallest absolute Gasteiger partial charge is 0.257 e. The van der Waals surface area contributed by atoms with E-state index >= 15 is 0 Å². The number of nitrogens with one attached hydrogen (secondary N) is 1. The van der Waals surface area contributed by atoms with Crippen LogP contribution in [-0.2, 0) is 14.8 Å². The highest BCUT2D eigenvalue weighted by Gasteiger charge is 2.31. The van der Waals surface area contributed by atoms with Crippen molar-refractivity contribution in [3.8, 4) is 17.2 Å². The maximum Gasteiger partial charge on any atom is 0.257 e. The predicted molar refractivity (Wildman–Crippen MR) is 145 cm³/mol. The van der Waals surface area contributed by atoms with Crippen molar-refractivity contribution in [3.05, 3.63) is 47.5 Å².